The Balaban J connectivity index is 0.000000218. The second-order valence-electron chi connectivity index (χ2n) is 19.7. The number of H-pyrrole nitrogens is 4. The monoisotopic (exact) mass is 969 g/mol. The second kappa shape index (κ2) is 29.1. The van der Waals surface area contributed by atoms with E-state index in [0.29, 0.717) is 41.4 Å². The van der Waals surface area contributed by atoms with E-state index >= 15 is 0 Å². The van der Waals surface area contributed by atoms with Crippen molar-refractivity contribution in [1.82, 2.24) is 50.2 Å². The SMILES string of the molecule is CC(C)c1c[nH]c2ncccc12.CC(C)c1cccnc1.CC(C)c1ccn[nH]1.CC(C)c1cnc[nH]1.Cc1[nH]c2ccccc2c1C(C)C.Cc1nc(C)c(C(C)C)s1.Cc1noc(C)c1C(C)C. The summed E-state index contributed by atoms with van der Waals surface area (Å²) < 4.78 is 5.01. The van der Waals surface area contributed by atoms with Gasteiger partial charge in [-0.25, -0.2) is 15.0 Å². The Kier molecular flexibility index (Phi) is 24.2. The number of para-hydroxylation sites is 1. The molecule has 0 bridgehead atoms. The smallest absolute Gasteiger partial charge is 0.137 e. The van der Waals surface area contributed by atoms with Crippen LogP contribution in [0.5, 0.6) is 0 Å². The number of hydrogen-bond donors (Lipinski definition) is 4. The van der Waals surface area contributed by atoms with Crippen molar-refractivity contribution in [3.8, 4) is 0 Å². The summed E-state index contributed by atoms with van der Waals surface area (Å²) in [7, 11) is 0. The van der Waals surface area contributed by atoms with E-state index in [1.165, 1.54) is 71.2 Å². The normalized spacial score (nSPS) is 10.8. The van der Waals surface area contributed by atoms with Crippen LogP contribution in [0.1, 0.15) is 205 Å². The molecule has 8 heterocycles. The van der Waals surface area contributed by atoms with Crippen LogP contribution in [0.15, 0.2) is 103 Å². The van der Waals surface area contributed by atoms with E-state index in [1.807, 2.05) is 68.2 Å². The van der Waals surface area contributed by atoms with Crippen LogP contribution in [0.4, 0.5) is 0 Å². The molecule has 0 saturated heterocycles. The van der Waals surface area contributed by atoms with Gasteiger partial charge in [-0.2, -0.15) is 5.10 Å². The standard InChI is InChI=1S/C12H15N.C10H12N2.C8H13NO.C8H13NS.C8H11N.2C6H10N2/c1-8(2)12-9(3)13-11-7-5-4-6-10(11)12;1-7(2)9-6-12-10-8(9)4-3-5-11-10;1-5(2)8-6(3)9-10-7(8)4;1-5(2)8-6(3)9-7(4)10-8;1-7(2)8-4-3-5-9-6-8;1-5(2)6-3-7-4-8-6;1-5(2)6-3-4-7-8-6/h4-8,13H,1-3H3;3-7H,1-2H3,(H,11,12);2*5H,1-4H3;3-7H,1-2H3;2*3-5H,1-2H3,(H,7,8). The van der Waals surface area contributed by atoms with Crippen LogP contribution in [0.25, 0.3) is 21.9 Å². The maximum atomic E-state index is 5.01. The highest BCUT2D eigenvalue weighted by atomic mass is 32.1. The van der Waals surface area contributed by atoms with Gasteiger partial charge >= 0.3 is 0 Å². The zero-order valence-electron chi connectivity index (χ0n) is 45.8. The predicted molar refractivity (Wildman–Crippen MR) is 297 cm³/mol. The summed E-state index contributed by atoms with van der Waals surface area (Å²) in [6, 6.07) is 18.6. The Bertz CT molecular complexity index is 2710. The van der Waals surface area contributed by atoms with Gasteiger partial charge in [0.2, 0.25) is 0 Å². The van der Waals surface area contributed by atoms with E-state index in [2.05, 4.69) is 204 Å². The molecule has 0 saturated carbocycles. The van der Waals surface area contributed by atoms with Crippen molar-refractivity contribution in [3.05, 3.63) is 164 Å². The summed E-state index contributed by atoms with van der Waals surface area (Å²) in [5, 5.41) is 14.4. The number of benzene rings is 1. The van der Waals surface area contributed by atoms with Crippen molar-refractivity contribution >= 4 is 33.3 Å². The van der Waals surface area contributed by atoms with Crippen LogP contribution in [-0.2, 0) is 0 Å². The van der Waals surface area contributed by atoms with Crippen LogP contribution in [0.2, 0.25) is 0 Å². The molecule has 12 heteroatoms. The molecular weight excluding hydrogens is 885 g/mol. The van der Waals surface area contributed by atoms with E-state index < -0.39 is 0 Å². The number of aromatic amines is 4. The maximum Gasteiger partial charge on any atom is 0.137 e. The molecule has 8 aromatic heterocycles. The van der Waals surface area contributed by atoms with Crippen LogP contribution < -0.4 is 0 Å². The molecule has 0 atom stereocenters. The Hall–Kier alpha value is -6.14. The van der Waals surface area contributed by atoms with E-state index in [-0.39, 0.29) is 0 Å². The van der Waals surface area contributed by atoms with E-state index in [4.69, 9.17) is 4.52 Å². The molecule has 0 aliphatic rings. The van der Waals surface area contributed by atoms with Crippen molar-refractivity contribution in [2.24, 2.45) is 0 Å². The number of hydrogen-bond acceptors (Lipinski definition) is 8. The number of aryl methyl sites for hydroxylation is 5. The number of aromatic nitrogens is 10. The Labute approximate surface area is 423 Å². The van der Waals surface area contributed by atoms with Crippen molar-refractivity contribution in [2.75, 3.05) is 0 Å². The molecule has 0 unspecified atom stereocenters. The number of imidazole rings is 1. The molecule has 0 fully saturated rings. The third-order valence-corrected chi connectivity index (χ3v) is 12.8. The fourth-order valence-corrected chi connectivity index (χ4v) is 8.71. The molecule has 9 aromatic rings. The molecule has 1 aromatic carbocycles. The van der Waals surface area contributed by atoms with Crippen LogP contribution in [0.3, 0.4) is 0 Å². The highest BCUT2D eigenvalue weighted by Crippen LogP contribution is 2.29. The summed E-state index contributed by atoms with van der Waals surface area (Å²) in [4.78, 5) is 27.5. The number of rotatable bonds is 7. The van der Waals surface area contributed by atoms with Gasteiger partial charge in [0.05, 0.1) is 22.7 Å². The highest BCUT2D eigenvalue weighted by Gasteiger charge is 2.12. The molecule has 11 nitrogen and oxygen atoms in total. The zero-order valence-corrected chi connectivity index (χ0v) is 46.6. The van der Waals surface area contributed by atoms with Gasteiger partial charge in [-0.1, -0.05) is 126 Å². The van der Waals surface area contributed by atoms with Crippen LogP contribution >= 0.6 is 11.3 Å². The first-order chi connectivity index (χ1) is 33.1. The van der Waals surface area contributed by atoms with Crippen molar-refractivity contribution < 1.29 is 4.52 Å². The minimum atomic E-state index is 0.520. The van der Waals surface area contributed by atoms with E-state index in [0.717, 1.165) is 17.1 Å². The van der Waals surface area contributed by atoms with Gasteiger partial charge in [-0.05, 0) is 123 Å². The summed E-state index contributed by atoms with van der Waals surface area (Å²) in [6.07, 6.45) is 12.9. The Morgan fingerprint density at radius 3 is 1.63 bits per heavy atom. The molecule has 378 valence electrons. The Morgan fingerprint density at radius 2 is 1.21 bits per heavy atom. The van der Waals surface area contributed by atoms with Crippen molar-refractivity contribution in [2.45, 2.75) is 173 Å². The van der Waals surface area contributed by atoms with Gasteiger partial charge in [-0.3, -0.25) is 10.1 Å². The van der Waals surface area contributed by atoms with Crippen molar-refractivity contribution in [1.29, 1.82) is 0 Å². The predicted octanol–water partition coefficient (Wildman–Crippen LogP) is 16.9. The lowest BCUT2D eigenvalue weighted by Gasteiger charge is -2.04. The number of nitrogens with zero attached hydrogens (tertiary/aromatic N) is 6. The molecule has 0 radical (unpaired) electrons. The first kappa shape index (κ1) is 58.2. The van der Waals surface area contributed by atoms with Crippen LogP contribution in [0, 0.1) is 34.6 Å². The Morgan fingerprint density at radius 1 is 0.557 bits per heavy atom. The number of thiazole rings is 1. The first-order valence-corrected chi connectivity index (χ1v) is 25.7. The molecule has 0 spiro atoms. The highest BCUT2D eigenvalue weighted by molar-refractivity contribution is 7.11. The third-order valence-electron chi connectivity index (χ3n) is 11.4. The quantitative estimate of drug-likeness (QED) is 0.124. The average molecular weight is 969 g/mol. The molecule has 9 rings (SSSR count). The minimum Gasteiger partial charge on any atom is -0.361 e. The second-order valence-corrected chi connectivity index (χ2v) is 20.9. The average Bonchev–Trinajstić information content (AvgIpc) is 4.18. The van der Waals surface area contributed by atoms with Gasteiger partial charge in [0.25, 0.3) is 0 Å². The summed E-state index contributed by atoms with van der Waals surface area (Å²) in [6.45, 7) is 40.6. The van der Waals surface area contributed by atoms with E-state index in [9.17, 15) is 0 Å². The lowest BCUT2D eigenvalue weighted by Crippen LogP contribution is -1.89. The van der Waals surface area contributed by atoms with Crippen LogP contribution in [-0.4, -0.2) is 50.2 Å². The maximum absolute atomic E-state index is 5.01. The third kappa shape index (κ3) is 18.3. The number of pyridine rings is 2. The van der Waals surface area contributed by atoms with Gasteiger partial charge < -0.3 is 19.5 Å². The summed E-state index contributed by atoms with van der Waals surface area (Å²) >= 11 is 1.81. The fraction of sp³-hybridized carbons (Fsp3) is 0.448. The van der Waals surface area contributed by atoms with Gasteiger partial charge in [0, 0.05) is 81.0 Å². The molecule has 0 aliphatic heterocycles. The topological polar surface area (TPSA) is 154 Å². The lowest BCUT2D eigenvalue weighted by atomic mass is 10.00. The van der Waals surface area contributed by atoms with Gasteiger partial charge in [-0.15, -0.1) is 11.3 Å². The summed E-state index contributed by atoms with van der Waals surface area (Å²) in [5.41, 5.74) is 13.5. The molecule has 0 amide bonds. The van der Waals surface area contributed by atoms with Gasteiger partial charge in [0.15, 0.2) is 0 Å². The largest absolute Gasteiger partial charge is 0.361 e. The molecule has 4 N–H and O–H groups in total. The number of nitrogens with one attached hydrogen (secondary N) is 4. The zero-order chi connectivity index (χ0) is 52.1. The fourth-order valence-electron chi connectivity index (χ4n) is 7.78. The lowest BCUT2D eigenvalue weighted by molar-refractivity contribution is 0.392. The summed E-state index contributed by atoms with van der Waals surface area (Å²) in [5.74, 6) is 4.98. The molecule has 0 aliphatic carbocycles. The first-order valence-electron chi connectivity index (χ1n) is 24.9. The number of fused-ring (bicyclic) bond motifs is 2. The van der Waals surface area contributed by atoms with Gasteiger partial charge in [0.1, 0.15) is 11.4 Å². The molecular formula is C58H84N10OS. The molecule has 70 heavy (non-hydrogen) atoms. The van der Waals surface area contributed by atoms with Crippen molar-refractivity contribution in [3.63, 3.8) is 0 Å². The van der Waals surface area contributed by atoms with E-state index in [1.54, 1.807) is 18.7 Å². The minimum absolute atomic E-state index is 0.520.